The van der Waals surface area contributed by atoms with E-state index in [0.717, 1.165) is 15.7 Å². The lowest BCUT2D eigenvalue weighted by molar-refractivity contribution is -0.759. The summed E-state index contributed by atoms with van der Waals surface area (Å²) in [5, 5.41) is 11.5. The third kappa shape index (κ3) is 3.55. The van der Waals surface area contributed by atoms with Gasteiger partial charge in [0.05, 0.1) is 6.54 Å². The van der Waals surface area contributed by atoms with Crippen LogP contribution in [-0.2, 0) is 15.1 Å². The van der Waals surface area contributed by atoms with E-state index in [4.69, 9.17) is 0 Å². The summed E-state index contributed by atoms with van der Waals surface area (Å²) in [6.07, 6.45) is 0. The predicted octanol–water partition coefficient (Wildman–Crippen LogP) is 4.81. The molecule has 7 nitrogen and oxygen atoms in total. The standard InChI is InChI=1S/C30H24N2O5/c1-2-32(20-26(33)34)28(36)30(24-13-5-3-6-14-24,25-15-7-4-8-16-25)31(29(32)37)27(35)23-18-17-21-11-9-10-12-22(21)19-23/h3-19H,2,20H2,1H3/p+1. The quantitative estimate of drug-likeness (QED) is 0.308. The van der Waals surface area contributed by atoms with Crippen LogP contribution in [0.2, 0.25) is 0 Å². The van der Waals surface area contributed by atoms with E-state index in [1.165, 1.54) is 0 Å². The van der Waals surface area contributed by atoms with Crippen LogP contribution in [0.3, 0.4) is 0 Å². The Labute approximate surface area is 213 Å². The second kappa shape index (κ2) is 9.11. The van der Waals surface area contributed by atoms with Gasteiger partial charge in [-0.1, -0.05) is 91.0 Å². The number of hydrogen-bond acceptors (Lipinski definition) is 4. The number of carbonyl (C=O) groups excluding carboxylic acids is 3. The van der Waals surface area contributed by atoms with E-state index in [-0.39, 0.29) is 12.1 Å². The number of quaternary nitrogens is 1. The first kappa shape index (κ1) is 24.1. The number of carbonyl (C=O) groups is 4. The molecule has 0 aliphatic carbocycles. The van der Waals surface area contributed by atoms with Crippen LogP contribution in [0, 0.1) is 0 Å². The minimum Gasteiger partial charge on any atom is -0.477 e. The topological polar surface area (TPSA) is 91.8 Å². The maximum atomic E-state index is 14.6. The SMILES string of the molecule is CC[N+]1(CC(=O)O)C(=O)N(C(=O)c2ccc3ccccc3c2)C(c2ccccc2)(c2ccccc2)C1=O. The van der Waals surface area contributed by atoms with E-state index < -0.39 is 40.4 Å². The van der Waals surface area contributed by atoms with Crippen LogP contribution in [0.4, 0.5) is 4.79 Å². The van der Waals surface area contributed by atoms with Crippen molar-refractivity contribution >= 4 is 34.6 Å². The molecule has 1 heterocycles. The van der Waals surface area contributed by atoms with Crippen LogP contribution in [0.5, 0.6) is 0 Å². The summed E-state index contributed by atoms with van der Waals surface area (Å²) in [4.78, 5) is 56.1. The van der Waals surface area contributed by atoms with E-state index in [9.17, 15) is 24.3 Å². The van der Waals surface area contributed by atoms with Gasteiger partial charge >= 0.3 is 17.9 Å². The largest absolute Gasteiger partial charge is 0.477 e. The Hall–Kier alpha value is -4.62. The molecule has 37 heavy (non-hydrogen) atoms. The number of imide groups is 2. The smallest absolute Gasteiger partial charge is 0.435 e. The highest BCUT2D eigenvalue weighted by atomic mass is 16.4. The maximum Gasteiger partial charge on any atom is 0.435 e. The van der Waals surface area contributed by atoms with Crippen molar-refractivity contribution in [1.82, 2.24) is 4.90 Å². The highest BCUT2D eigenvalue weighted by Crippen LogP contribution is 2.47. The van der Waals surface area contributed by atoms with Crippen molar-refractivity contribution in [2.75, 3.05) is 13.1 Å². The average molecular weight is 494 g/mol. The number of likely N-dealkylation sites (N-methyl/N-ethyl adjacent to an activating group) is 1. The summed E-state index contributed by atoms with van der Waals surface area (Å²) in [7, 11) is 0. The number of urea groups is 1. The normalized spacial score (nSPS) is 18.8. The van der Waals surface area contributed by atoms with Gasteiger partial charge < -0.3 is 5.11 Å². The molecule has 1 fully saturated rings. The molecular formula is C30H25N2O5+. The average Bonchev–Trinajstić information content (AvgIpc) is 3.12. The molecule has 0 saturated carbocycles. The van der Waals surface area contributed by atoms with Crippen molar-refractivity contribution in [1.29, 1.82) is 0 Å². The lowest BCUT2D eigenvalue weighted by Gasteiger charge is -2.32. The monoisotopic (exact) mass is 493 g/mol. The second-order valence-electron chi connectivity index (χ2n) is 9.07. The number of aliphatic carboxylic acids is 1. The van der Waals surface area contributed by atoms with Crippen molar-refractivity contribution in [3.05, 3.63) is 120 Å². The summed E-state index contributed by atoms with van der Waals surface area (Å²) in [6.45, 7) is 0.702. The Morgan fingerprint density at radius 1 is 0.784 bits per heavy atom. The Morgan fingerprint density at radius 2 is 1.32 bits per heavy atom. The van der Waals surface area contributed by atoms with Crippen LogP contribution in [0.1, 0.15) is 28.4 Å². The first-order valence-electron chi connectivity index (χ1n) is 12.0. The Morgan fingerprint density at radius 3 is 1.86 bits per heavy atom. The van der Waals surface area contributed by atoms with Gasteiger partial charge in [-0.3, -0.25) is 4.79 Å². The fourth-order valence-electron chi connectivity index (χ4n) is 5.31. The van der Waals surface area contributed by atoms with Crippen LogP contribution in [0.25, 0.3) is 10.8 Å². The summed E-state index contributed by atoms with van der Waals surface area (Å²) in [5.41, 5.74) is -0.809. The zero-order chi connectivity index (χ0) is 26.2. The van der Waals surface area contributed by atoms with Gasteiger partial charge in [0.1, 0.15) is 0 Å². The van der Waals surface area contributed by atoms with Gasteiger partial charge in [-0.15, -0.1) is 0 Å². The molecule has 0 radical (unpaired) electrons. The van der Waals surface area contributed by atoms with Crippen LogP contribution >= 0.6 is 0 Å². The fourth-order valence-corrected chi connectivity index (χ4v) is 5.31. The summed E-state index contributed by atoms with van der Waals surface area (Å²) in [5.74, 6) is -2.65. The van der Waals surface area contributed by atoms with E-state index >= 15 is 0 Å². The van der Waals surface area contributed by atoms with Crippen molar-refractivity contribution in [3.8, 4) is 0 Å². The number of rotatable bonds is 6. The molecule has 4 amide bonds. The van der Waals surface area contributed by atoms with Gasteiger partial charge in [0.15, 0.2) is 6.54 Å². The molecule has 1 atom stereocenters. The number of nitrogens with zero attached hydrogens (tertiary/aromatic N) is 2. The van der Waals surface area contributed by atoms with Gasteiger partial charge in [0.25, 0.3) is 5.91 Å². The molecule has 0 spiro atoms. The molecule has 184 valence electrons. The number of fused-ring (bicyclic) bond motifs is 1. The van der Waals surface area contributed by atoms with Crippen molar-refractivity contribution in [2.45, 2.75) is 12.5 Å². The van der Waals surface area contributed by atoms with Gasteiger partial charge in [0, 0.05) is 5.56 Å². The molecule has 4 aromatic rings. The lowest BCUT2D eigenvalue weighted by Crippen LogP contribution is -2.57. The molecule has 1 N–H and O–H groups in total. The van der Waals surface area contributed by atoms with Crippen LogP contribution < -0.4 is 0 Å². The maximum absolute atomic E-state index is 14.6. The zero-order valence-corrected chi connectivity index (χ0v) is 20.2. The van der Waals surface area contributed by atoms with E-state index in [0.29, 0.717) is 11.1 Å². The summed E-state index contributed by atoms with van der Waals surface area (Å²) >= 11 is 0. The number of carboxylic acids is 1. The minimum atomic E-state index is -1.85. The first-order chi connectivity index (χ1) is 17.9. The van der Waals surface area contributed by atoms with Crippen molar-refractivity contribution < 1.29 is 28.8 Å². The summed E-state index contributed by atoms with van der Waals surface area (Å²) < 4.78 is -1.02. The molecule has 4 aromatic carbocycles. The number of hydrogen-bond donors (Lipinski definition) is 1. The third-order valence-corrected chi connectivity index (χ3v) is 7.12. The minimum absolute atomic E-state index is 0.118. The first-order valence-corrected chi connectivity index (χ1v) is 12.0. The van der Waals surface area contributed by atoms with Gasteiger partial charge in [-0.25, -0.2) is 14.4 Å². The number of benzene rings is 4. The number of amides is 4. The fraction of sp³-hybridized carbons (Fsp3) is 0.133. The predicted molar refractivity (Wildman–Crippen MR) is 137 cm³/mol. The van der Waals surface area contributed by atoms with Crippen LogP contribution in [0.15, 0.2) is 103 Å². The highest BCUT2D eigenvalue weighted by molar-refractivity contribution is 6.15. The van der Waals surface area contributed by atoms with Crippen molar-refractivity contribution in [2.24, 2.45) is 0 Å². The molecule has 0 aromatic heterocycles. The van der Waals surface area contributed by atoms with E-state index in [2.05, 4.69) is 0 Å². The van der Waals surface area contributed by atoms with E-state index in [1.54, 1.807) is 85.8 Å². The van der Waals surface area contributed by atoms with Crippen LogP contribution in [-0.4, -0.2) is 51.4 Å². The molecule has 0 bridgehead atoms. The molecule has 1 aliphatic heterocycles. The Balaban J connectivity index is 1.83. The van der Waals surface area contributed by atoms with Gasteiger partial charge in [-0.2, -0.15) is 9.38 Å². The molecule has 1 unspecified atom stereocenters. The molecule has 7 heteroatoms. The zero-order valence-electron chi connectivity index (χ0n) is 20.2. The molecule has 1 saturated heterocycles. The number of carboxylic acid groups (broad SMARTS) is 1. The molecule has 5 rings (SSSR count). The Bertz CT molecular complexity index is 1490. The summed E-state index contributed by atoms with van der Waals surface area (Å²) in [6, 6.07) is 29.0. The van der Waals surface area contributed by atoms with Gasteiger partial charge in [0.2, 0.25) is 5.54 Å². The highest BCUT2D eigenvalue weighted by Gasteiger charge is 2.72. The van der Waals surface area contributed by atoms with E-state index in [1.807, 2.05) is 24.3 Å². The Kier molecular flexibility index (Phi) is 5.93. The molecular weight excluding hydrogens is 468 g/mol. The second-order valence-corrected chi connectivity index (χ2v) is 9.07. The third-order valence-electron chi connectivity index (χ3n) is 7.12. The lowest BCUT2D eigenvalue weighted by atomic mass is 9.80. The van der Waals surface area contributed by atoms with Gasteiger partial charge in [-0.05, 0) is 41.0 Å². The molecule has 1 aliphatic rings. The van der Waals surface area contributed by atoms with Crippen molar-refractivity contribution in [3.63, 3.8) is 0 Å².